The highest BCUT2D eigenvalue weighted by Crippen LogP contribution is 2.21. The first-order valence-corrected chi connectivity index (χ1v) is 8.95. The van der Waals surface area contributed by atoms with Gasteiger partial charge < -0.3 is 10.6 Å². The highest BCUT2D eigenvalue weighted by atomic mass is 16.2. The van der Waals surface area contributed by atoms with Crippen molar-refractivity contribution in [3.05, 3.63) is 84.4 Å². The molecular weight excluding hydrogens is 366 g/mol. The lowest BCUT2D eigenvalue weighted by Gasteiger charge is -2.08. The maximum absolute atomic E-state index is 12.5. The van der Waals surface area contributed by atoms with Crippen LogP contribution >= 0.6 is 0 Å². The van der Waals surface area contributed by atoms with Crippen LogP contribution in [0.15, 0.2) is 73.2 Å². The fraction of sp³-hybridized carbons (Fsp3) is 0.0455. The van der Waals surface area contributed by atoms with Crippen LogP contribution in [0.5, 0.6) is 0 Å². The zero-order chi connectivity index (χ0) is 20.2. The van der Waals surface area contributed by atoms with Gasteiger partial charge in [0, 0.05) is 22.8 Å². The fourth-order valence-electron chi connectivity index (χ4n) is 2.84. The van der Waals surface area contributed by atoms with E-state index in [1.54, 1.807) is 36.5 Å². The van der Waals surface area contributed by atoms with Crippen LogP contribution in [0.25, 0.3) is 10.9 Å². The third-order valence-corrected chi connectivity index (χ3v) is 4.33. The molecule has 4 aromatic rings. The number of ketones is 1. The molecule has 0 bridgehead atoms. The van der Waals surface area contributed by atoms with Gasteiger partial charge in [0.15, 0.2) is 5.78 Å². The topological polar surface area (TPSA) is 96.9 Å². The molecule has 0 radical (unpaired) electrons. The van der Waals surface area contributed by atoms with Crippen molar-refractivity contribution in [1.29, 1.82) is 0 Å². The van der Waals surface area contributed by atoms with E-state index in [4.69, 9.17) is 0 Å². The average molecular weight is 383 g/mol. The monoisotopic (exact) mass is 383 g/mol. The summed E-state index contributed by atoms with van der Waals surface area (Å²) >= 11 is 0. The maximum atomic E-state index is 12.5. The molecule has 0 aliphatic rings. The third-order valence-electron chi connectivity index (χ3n) is 4.33. The molecule has 0 aliphatic carbocycles. The van der Waals surface area contributed by atoms with Crippen LogP contribution in [0, 0.1) is 0 Å². The second kappa shape index (κ2) is 7.85. The lowest BCUT2D eigenvalue weighted by molar-refractivity contribution is 0.101. The van der Waals surface area contributed by atoms with Gasteiger partial charge in [0.05, 0.1) is 23.6 Å². The van der Waals surface area contributed by atoms with E-state index in [1.807, 2.05) is 24.3 Å². The molecule has 2 aromatic carbocycles. The summed E-state index contributed by atoms with van der Waals surface area (Å²) in [4.78, 5) is 36.6. The van der Waals surface area contributed by atoms with E-state index in [0.29, 0.717) is 22.6 Å². The molecule has 0 saturated heterocycles. The molecule has 2 N–H and O–H groups in total. The van der Waals surface area contributed by atoms with Crippen LogP contribution in [0.4, 0.5) is 17.2 Å². The van der Waals surface area contributed by atoms with E-state index >= 15 is 0 Å². The van der Waals surface area contributed by atoms with Crippen LogP contribution in [-0.2, 0) is 0 Å². The van der Waals surface area contributed by atoms with Crippen molar-refractivity contribution in [3.8, 4) is 0 Å². The minimum absolute atomic E-state index is 0.00750. The Morgan fingerprint density at radius 3 is 2.38 bits per heavy atom. The van der Waals surface area contributed by atoms with Gasteiger partial charge in [-0.2, -0.15) is 0 Å². The van der Waals surface area contributed by atoms with Crippen molar-refractivity contribution in [2.45, 2.75) is 6.92 Å². The van der Waals surface area contributed by atoms with E-state index in [1.165, 1.54) is 19.3 Å². The van der Waals surface area contributed by atoms with Gasteiger partial charge in [0.2, 0.25) is 0 Å². The standard InChI is InChI=1S/C22H17N5O2/c1-14(28)15-7-9-17(10-8-15)26-20-13-24-19(12-25-20)22(29)27-18-6-2-4-16-5-3-11-23-21(16)18/h2-13H,1H3,(H,25,26)(H,27,29). The van der Waals surface area contributed by atoms with E-state index in [9.17, 15) is 9.59 Å². The number of amides is 1. The van der Waals surface area contributed by atoms with Crippen molar-refractivity contribution in [2.75, 3.05) is 10.6 Å². The smallest absolute Gasteiger partial charge is 0.275 e. The molecule has 142 valence electrons. The van der Waals surface area contributed by atoms with Crippen molar-refractivity contribution < 1.29 is 9.59 Å². The Morgan fingerprint density at radius 2 is 1.66 bits per heavy atom. The van der Waals surface area contributed by atoms with E-state index < -0.39 is 0 Å². The summed E-state index contributed by atoms with van der Waals surface area (Å²) in [5, 5.41) is 6.85. The van der Waals surface area contributed by atoms with Gasteiger partial charge in [-0.05, 0) is 43.3 Å². The van der Waals surface area contributed by atoms with Gasteiger partial charge in [-0.15, -0.1) is 0 Å². The molecule has 0 spiro atoms. The van der Waals surface area contributed by atoms with Gasteiger partial charge in [0.25, 0.3) is 5.91 Å². The molecule has 2 aromatic heterocycles. The van der Waals surface area contributed by atoms with Crippen molar-refractivity contribution in [2.24, 2.45) is 0 Å². The number of anilines is 3. The number of rotatable bonds is 5. The van der Waals surface area contributed by atoms with Crippen molar-refractivity contribution >= 4 is 39.8 Å². The van der Waals surface area contributed by atoms with Crippen molar-refractivity contribution in [1.82, 2.24) is 15.0 Å². The van der Waals surface area contributed by atoms with Gasteiger partial charge in [-0.3, -0.25) is 14.6 Å². The van der Waals surface area contributed by atoms with Crippen LogP contribution < -0.4 is 10.6 Å². The predicted molar refractivity (Wildman–Crippen MR) is 111 cm³/mol. The number of carbonyl (C=O) groups excluding carboxylic acids is 2. The largest absolute Gasteiger partial charge is 0.339 e. The number of nitrogens with one attached hydrogen (secondary N) is 2. The Hall–Kier alpha value is -4.13. The molecule has 7 nitrogen and oxygen atoms in total. The molecule has 0 saturated carbocycles. The predicted octanol–water partition coefficient (Wildman–Crippen LogP) is 4.22. The van der Waals surface area contributed by atoms with E-state index in [-0.39, 0.29) is 17.4 Å². The highest BCUT2D eigenvalue weighted by molar-refractivity contribution is 6.07. The fourth-order valence-corrected chi connectivity index (χ4v) is 2.84. The van der Waals surface area contributed by atoms with E-state index in [2.05, 4.69) is 25.6 Å². The van der Waals surface area contributed by atoms with Crippen LogP contribution in [-0.4, -0.2) is 26.6 Å². The minimum atomic E-state index is -0.368. The molecule has 0 aliphatic heterocycles. The van der Waals surface area contributed by atoms with Gasteiger partial charge in [0.1, 0.15) is 11.5 Å². The molecular formula is C22H17N5O2. The first-order valence-electron chi connectivity index (χ1n) is 8.95. The van der Waals surface area contributed by atoms with Crippen LogP contribution in [0.3, 0.4) is 0 Å². The number of carbonyl (C=O) groups is 2. The molecule has 0 unspecified atom stereocenters. The quantitative estimate of drug-likeness (QED) is 0.501. The number of Topliss-reactive ketones (excluding diaryl/α,β-unsaturated/α-hetero) is 1. The normalized spacial score (nSPS) is 10.5. The lowest BCUT2D eigenvalue weighted by atomic mass is 10.1. The number of hydrogen-bond donors (Lipinski definition) is 2. The first kappa shape index (κ1) is 18.2. The Labute approximate surface area is 166 Å². The second-order valence-electron chi connectivity index (χ2n) is 6.38. The summed E-state index contributed by atoms with van der Waals surface area (Å²) in [6, 6.07) is 16.4. The molecule has 1 amide bonds. The lowest BCUT2D eigenvalue weighted by Crippen LogP contribution is -2.14. The molecule has 2 heterocycles. The zero-order valence-electron chi connectivity index (χ0n) is 15.6. The molecule has 0 fully saturated rings. The Morgan fingerprint density at radius 1 is 0.862 bits per heavy atom. The second-order valence-corrected chi connectivity index (χ2v) is 6.38. The molecule has 29 heavy (non-hydrogen) atoms. The van der Waals surface area contributed by atoms with Gasteiger partial charge in [-0.1, -0.05) is 18.2 Å². The first-order chi connectivity index (χ1) is 14.1. The van der Waals surface area contributed by atoms with Crippen LogP contribution in [0.2, 0.25) is 0 Å². The number of para-hydroxylation sites is 1. The van der Waals surface area contributed by atoms with Gasteiger partial charge >= 0.3 is 0 Å². The Bertz CT molecular complexity index is 1180. The number of benzene rings is 2. The summed E-state index contributed by atoms with van der Waals surface area (Å²) in [5.41, 5.74) is 2.92. The minimum Gasteiger partial charge on any atom is -0.339 e. The molecule has 0 atom stereocenters. The number of hydrogen-bond acceptors (Lipinski definition) is 6. The number of pyridine rings is 1. The summed E-state index contributed by atoms with van der Waals surface area (Å²) in [6.07, 6.45) is 4.57. The van der Waals surface area contributed by atoms with Crippen molar-refractivity contribution in [3.63, 3.8) is 0 Å². The molecule has 4 rings (SSSR count). The highest BCUT2D eigenvalue weighted by Gasteiger charge is 2.11. The molecule has 7 heteroatoms. The number of nitrogens with zero attached hydrogens (tertiary/aromatic N) is 3. The zero-order valence-corrected chi connectivity index (χ0v) is 15.6. The summed E-state index contributed by atoms with van der Waals surface area (Å²) in [5.74, 6) is 0.130. The van der Waals surface area contributed by atoms with Crippen LogP contribution in [0.1, 0.15) is 27.8 Å². The maximum Gasteiger partial charge on any atom is 0.275 e. The Kier molecular flexibility index (Phi) is 4.94. The Balaban J connectivity index is 1.47. The SMILES string of the molecule is CC(=O)c1ccc(Nc2cnc(C(=O)Nc3cccc4cccnc34)cn2)cc1. The average Bonchev–Trinajstić information content (AvgIpc) is 2.75. The number of aromatic nitrogens is 3. The summed E-state index contributed by atoms with van der Waals surface area (Å²) < 4.78 is 0. The van der Waals surface area contributed by atoms with E-state index in [0.717, 1.165) is 11.1 Å². The van der Waals surface area contributed by atoms with Gasteiger partial charge in [-0.25, -0.2) is 9.97 Å². The number of fused-ring (bicyclic) bond motifs is 1. The summed E-state index contributed by atoms with van der Waals surface area (Å²) in [7, 11) is 0. The summed E-state index contributed by atoms with van der Waals surface area (Å²) in [6.45, 7) is 1.52. The third kappa shape index (κ3) is 4.08.